The van der Waals surface area contributed by atoms with Crippen molar-refractivity contribution in [2.75, 3.05) is 0 Å². The van der Waals surface area contributed by atoms with Gasteiger partial charge in [-0.15, -0.1) is 35.7 Å². The molecule has 0 aliphatic carbocycles. The number of hydrogen-bond acceptors (Lipinski definition) is 3. The normalized spacial score (nSPS) is 12.4. The van der Waals surface area contributed by atoms with Crippen molar-refractivity contribution in [3.8, 4) is 39.8 Å². The van der Waals surface area contributed by atoms with Crippen LogP contribution in [0.5, 0.6) is 11.5 Å². The molecule has 10 rings (SSSR count). The summed E-state index contributed by atoms with van der Waals surface area (Å²) in [5, 5.41) is 9.83. The van der Waals surface area contributed by atoms with Crippen molar-refractivity contribution in [2.45, 2.75) is 92.4 Å². The van der Waals surface area contributed by atoms with Crippen LogP contribution in [0.2, 0.25) is 0 Å². The van der Waals surface area contributed by atoms with Gasteiger partial charge >= 0.3 is 21.1 Å². The summed E-state index contributed by atoms with van der Waals surface area (Å²) in [7, 11) is 0. The summed E-state index contributed by atoms with van der Waals surface area (Å²) in [5.74, 6) is 1.99. The van der Waals surface area contributed by atoms with Gasteiger partial charge in [-0.05, 0) is 57.7 Å². The molecule has 0 saturated carbocycles. The van der Waals surface area contributed by atoms with E-state index in [0.29, 0.717) is 11.5 Å². The predicted molar refractivity (Wildman–Crippen MR) is 265 cm³/mol. The number of nitrogens with zero attached hydrogens (tertiary/aromatic N) is 5. The van der Waals surface area contributed by atoms with Crippen LogP contribution in [0.4, 0.5) is 0 Å². The maximum absolute atomic E-state index is 6.74. The van der Waals surface area contributed by atoms with Gasteiger partial charge in [0.05, 0.1) is 28.1 Å². The minimum atomic E-state index is -0.200. The Hall–Kier alpha value is -6.23. The van der Waals surface area contributed by atoms with Crippen molar-refractivity contribution in [3.63, 3.8) is 0 Å². The SMILES string of the molecule is Cc1cc(Oc2[c-]c3c(cc2)c2ccccc2n3-c2cc(-n3c4c(C(C)(C)C)cccc4c4cccc(C(C)(C)C)c43)ccn2)[c-]c(-n2nc(C)c(-c3ccccc3)c2C(C)(C)C)c1.[Pt+2]. The van der Waals surface area contributed by atoms with E-state index < -0.39 is 0 Å². The van der Waals surface area contributed by atoms with Gasteiger partial charge in [-0.3, -0.25) is 4.68 Å². The molecule has 0 spiro atoms. The van der Waals surface area contributed by atoms with Crippen molar-refractivity contribution >= 4 is 43.6 Å². The molecule has 6 aromatic carbocycles. The molecule has 0 amide bonds. The third-order valence-corrected chi connectivity index (χ3v) is 12.5. The molecule has 10 aromatic rings. The Labute approximate surface area is 397 Å². The van der Waals surface area contributed by atoms with Gasteiger partial charge < -0.3 is 13.9 Å². The zero-order valence-electron chi connectivity index (χ0n) is 39.2. The fourth-order valence-corrected chi connectivity index (χ4v) is 9.72. The van der Waals surface area contributed by atoms with E-state index in [4.69, 9.17) is 14.8 Å². The van der Waals surface area contributed by atoms with Crippen LogP contribution < -0.4 is 4.74 Å². The monoisotopic (exact) mass is 1030 g/mol. The number of fused-ring (bicyclic) bond motifs is 6. The first-order chi connectivity index (χ1) is 30.5. The summed E-state index contributed by atoms with van der Waals surface area (Å²) in [4.78, 5) is 5.10. The Bertz CT molecular complexity index is 3370. The van der Waals surface area contributed by atoms with Gasteiger partial charge in [0.1, 0.15) is 5.82 Å². The first-order valence-corrected chi connectivity index (χ1v) is 22.3. The number of hydrogen-bond donors (Lipinski definition) is 0. The average molecular weight is 1030 g/mol. The number of rotatable bonds is 6. The van der Waals surface area contributed by atoms with E-state index in [1.807, 2.05) is 23.0 Å². The molecular formula is C58H55N5OPt. The quantitative estimate of drug-likeness (QED) is 0.156. The molecule has 328 valence electrons. The molecule has 0 bridgehead atoms. The molecule has 0 aliphatic rings. The van der Waals surface area contributed by atoms with Gasteiger partial charge in [0.15, 0.2) is 0 Å². The third-order valence-electron chi connectivity index (χ3n) is 12.5. The molecule has 65 heavy (non-hydrogen) atoms. The predicted octanol–water partition coefficient (Wildman–Crippen LogP) is 15.0. The summed E-state index contributed by atoms with van der Waals surface area (Å²) >= 11 is 0. The summed E-state index contributed by atoms with van der Waals surface area (Å²) < 4.78 is 13.5. The Morgan fingerprint density at radius 3 is 1.83 bits per heavy atom. The number of pyridine rings is 1. The topological polar surface area (TPSA) is 49.8 Å². The number of ether oxygens (including phenoxy) is 1. The minimum absolute atomic E-state index is 0. The second-order valence-corrected chi connectivity index (χ2v) is 20.4. The van der Waals surface area contributed by atoms with Crippen molar-refractivity contribution in [3.05, 3.63) is 174 Å². The van der Waals surface area contributed by atoms with E-state index in [1.54, 1.807) is 0 Å². The van der Waals surface area contributed by atoms with Gasteiger partial charge in [0.2, 0.25) is 0 Å². The van der Waals surface area contributed by atoms with E-state index in [9.17, 15) is 0 Å². The standard InChI is InChI=1S/C58H55N5O.Pt/c1-36-31-40(63-55(58(9,10)11)52(37(2)60-63)38-19-13-12-14-20-38)33-42(32-36)64-41-27-28-44-43-21-15-16-26-49(43)62(50(44)35-41)51-34-39(29-30-59-51)61-53-45(22-17-24-47(53)56(3,4)5)46-23-18-25-48(54(46)61)57(6,7)8;/h12-32,34H,1-11H3;/q-2;+2. The van der Waals surface area contributed by atoms with E-state index in [2.05, 4.69) is 213 Å². The van der Waals surface area contributed by atoms with Crippen LogP contribution >= 0.6 is 0 Å². The van der Waals surface area contributed by atoms with Crippen LogP contribution in [0, 0.1) is 26.0 Å². The maximum Gasteiger partial charge on any atom is 2.00 e. The molecule has 4 aromatic heterocycles. The van der Waals surface area contributed by atoms with Crippen LogP contribution in [0.1, 0.15) is 90.4 Å². The first-order valence-electron chi connectivity index (χ1n) is 22.3. The van der Waals surface area contributed by atoms with Crippen LogP contribution in [0.3, 0.4) is 0 Å². The molecule has 0 saturated heterocycles. The molecule has 7 heteroatoms. The van der Waals surface area contributed by atoms with E-state index in [0.717, 1.165) is 67.1 Å². The molecule has 0 fully saturated rings. The molecule has 0 aliphatic heterocycles. The largest absolute Gasteiger partial charge is 2.00 e. The number of aromatic nitrogens is 5. The van der Waals surface area contributed by atoms with Gasteiger partial charge in [-0.25, -0.2) is 4.98 Å². The van der Waals surface area contributed by atoms with Crippen molar-refractivity contribution in [1.29, 1.82) is 0 Å². The molecule has 0 N–H and O–H groups in total. The summed E-state index contributed by atoms with van der Waals surface area (Å²) in [6.07, 6.45) is 1.94. The zero-order valence-corrected chi connectivity index (χ0v) is 41.4. The second kappa shape index (κ2) is 16.0. The number of aryl methyl sites for hydroxylation is 2. The van der Waals surface area contributed by atoms with Gasteiger partial charge in [0, 0.05) is 51.0 Å². The smallest absolute Gasteiger partial charge is 0.509 e. The zero-order chi connectivity index (χ0) is 44.9. The van der Waals surface area contributed by atoms with Crippen molar-refractivity contribution in [2.24, 2.45) is 0 Å². The summed E-state index contributed by atoms with van der Waals surface area (Å²) in [6.45, 7) is 24.7. The summed E-state index contributed by atoms with van der Waals surface area (Å²) in [5.41, 5.74) is 13.9. The summed E-state index contributed by atoms with van der Waals surface area (Å²) in [6, 6.07) is 52.6. The van der Waals surface area contributed by atoms with Crippen molar-refractivity contribution < 1.29 is 25.8 Å². The average Bonchev–Trinajstić information content (AvgIpc) is 3.90. The van der Waals surface area contributed by atoms with Crippen molar-refractivity contribution in [1.82, 2.24) is 23.9 Å². The van der Waals surface area contributed by atoms with E-state index >= 15 is 0 Å². The molecule has 0 radical (unpaired) electrons. The van der Waals surface area contributed by atoms with Crippen LogP contribution in [0.15, 0.2) is 134 Å². The van der Waals surface area contributed by atoms with E-state index in [1.165, 1.54) is 32.9 Å². The van der Waals surface area contributed by atoms with Gasteiger partial charge in [-0.1, -0.05) is 160 Å². The van der Waals surface area contributed by atoms with Gasteiger partial charge in [-0.2, -0.15) is 16.7 Å². The fraction of sp³-hybridized carbons (Fsp3) is 0.241. The Balaban J connectivity index is 0.00000533. The second-order valence-electron chi connectivity index (χ2n) is 20.4. The molecule has 0 unspecified atom stereocenters. The first kappa shape index (κ1) is 44.0. The third kappa shape index (κ3) is 7.60. The Kier molecular flexibility index (Phi) is 10.8. The van der Waals surface area contributed by atoms with Gasteiger partial charge in [0.25, 0.3) is 0 Å². The fourth-order valence-electron chi connectivity index (χ4n) is 9.72. The Morgan fingerprint density at radius 2 is 1.18 bits per heavy atom. The van der Waals surface area contributed by atoms with Crippen LogP contribution in [-0.2, 0) is 37.3 Å². The molecule has 6 nitrogen and oxygen atoms in total. The Morgan fingerprint density at radius 1 is 0.554 bits per heavy atom. The number of para-hydroxylation sites is 3. The molecule has 0 atom stereocenters. The van der Waals surface area contributed by atoms with Crippen LogP contribution in [-0.4, -0.2) is 23.9 Å². The molecule has 4 heterocycles. The minimum Gasteiger partial charge on any atom is -0.509 e. The van der Waals surface area contributed by atoms with E-state index in [-0.39, 0.29) is 37.3 Å². The maximum atomic E-state index is 6.74. The number of benzene rings is 6. The molecular weight excluding hydrogens is 978 g/mol. The van der Waals surface area contributed by atoms with Crippen LogP contribution in [0.25, 0.3) is 71.9 Å².